The molecular formula is C10H10FNO. The summed E-state index contributed by atoms with van der Waals surface area (Å²) in [6.45, 7) is 0.900. The molecule has 0 unspecified atom stereocenters. The van der Waals surface area contributed by atoms with Gasteiger partial charge in [0.2, 0.25) is 0 Å². The number of carbonyl (C=O) groups excluding carboxylic acids is 1. The topological polar surface area (TPSA) is 29.1 Å². The molecular weight excluding hydrogens is 169 g/mol. The summed E-state index contributed by atoms with van der Waals surface area (Å²) < 4.78 is 13.1. The van der Waals surface area contributed by atoms with Crippen LogP contribution in [0.25, 0.3) is 0 Å². The average Bonchev–Trinajstić information content (AvgIpc) is 2.17. The Balaban J connectivity index is 2.50. The summed E-state index contributed by atoms with van der Waals surface area (Å²) in [5, 5.41) is 3.14. The van der Waals surface area contributed by atoms with Gasteiger partial charge in [0.15, 0.2) is 6.29 Å². The molecule has 68 valence electrons. The third-order valence-electron chi connectivity index (χ3n) is 2.29. The van der Waals surface area contributed by atoms with Crippen LogP contribution < -0.4 is 5.32 Å². The predicted octanol–water partition coefficient (Wildman–Crippen LogP) is 2.00. The highest BCUT2D eigenvalue weighted by atomic mass is 19.1. The molecule has 0 aromatic heterocycles. The van der Waals surface area contributed by atoms with Gasteiger partial charge in [-0.15, -0.1) is 0 Å². The van der Waals surface area contributed by atoms with Crippen molar-refractivity contribution >= 4 is 12.0 Å². The Morgan fingerprint density at radius 3 is 3.08 bits per heavy atom. The van der Waals surface area contributed by atoms with Crippen molar-refractivity contribution in [1.82, 2.24) is 0 Å². The van der Waals surface area contributed by atoms with E-state index in [1.165, 1.54) is 6.07 Å². The Kier molecular flexibility index (Phi) is 2.00. The molecule has 2 nitrogen and oxygen atoms in total. The molecule has 2 rings (SSSR count). The summed E-state index contributed by atoms with van der Waals surface area (Å²) in [5.74, 6) is -0.419. The Hall–Kier alpha value is -1.38. The second kappa shape index (κ2) is 3.17. The number of nitrogens with one attached hydrogen (secondary N) is 1. The molecule has 13 heavy (non-hydrogen) atoms. The number of anilines is 1. The molecule has 0 saturated carbocycles. The number of hydrogen-bond donors (Lipinski definition) is 1. The summed E-state index contributed by atoms with van der Waals surface area (Å²) >= 11 is 0. The fraction of sp³-hybridized carbons (Fsp3) is 0.300. The van der Waals surface area contributed by atoms with Crippen LogP contribution in [0.15, 0.2) is 12.1 Å². The minimum Gasteiger partial charge on any atom is -0.385 e. The van der Waals surface area contributed by atoms with Crippen molar-refractivity contribution in [2.75, 3.05) is 11.9 Å². The second-order valence-corrected chi connectivity index (χ2v) is 3.18. The van der Waals surface area contributed by atoms with E-state index >= 15 is 0 Å². The van der Waals surface area contributed by atoms with Gasteiger partial charge in [0.1, 0.15) is 5.82 Å². The first kappa shape index (κ1) is 8.23. The third-order valence-corrected chi connectivity index (χ3v) is 2.29. The van der Waals surface area contributed by atoms with Crippen molar-refractivity contribution in [3.8, 4) is 0 Å². The summed E-state index contributed by atoms with van der Waals surface area (Å²) in [4.78, 5) is 10.4. The summed E-state index contributed by atoms with van der Waals surface area (Å²) in [6.07, 6.45) is 2.46. The number of rotatable bonds is 1. The maximum absolute atomic E-state index is 13.1. The number of halogens is 1. The second-order valence-electron chi connectivity index (χ2n) is 3.18. The van der Waals surface area contributed by atoms with Crippen molar-refractivity contribution in [2.45, 2.75) is 12.8 Å². The highest BCUT2D eigenvalue weighted by Crippen LogP contribution is 2.24. The first-order valence-corrected chi connectivity index (χ1v) is 4.33. The molecule has 1 N–H and O–H groups in total. The van der Waals surface area contributed by atoms with Crippen LogP contribution in [-0.2, 0) is 6.42 Å². The largest absolute Gasteiger partial charge is 0.385 e. The molecule has 0 aliphatic carbocycles. The van der Waals surface area contributed by atoms with E-state index in [0.29, 0.717) is 6.29 Å². The number of hydrogen-bond acceptors (Lipinski definition) is 2. The first-order chi connectivity index (χ1) is 6.31. The van der Waals surface area contributed by atoms with E-state index in [1.807, 2.05) is 0 Å². The Morgan fingerprint density at radius 1 is 1.46 bits per heavy atom. The smallest absolute Gasteiger partial charge is 0.153 e. The van der Waals surface area contributed by atoms with E-state index in [4.69, 9.17) is 0 Å². The van der Waals surface area contributed by atoms with Crippen LogP contribution in [0.4, 0.5) is 10.1 Å². The molecule has 0 amide bonds. The van der Waals surface area contributed by atoms with Crippen LogP contribution in [0.5, 0.6) is 0 Å². The lowest BCUT2D eigenvalue weighted by Crippen LogP contribution is -2.12. The van der Waals surface area contributed by atoms with Crippen molar-refractivity contribution in [1.29, 1.82) is 0 Å². The SMILES string of the molecule is O=Cc1cc2c(cc1F)CCCN2. The third kappa shape index (κ3) is 1.41. The zero-order chi connectivity index (χ0) is 9.26. The maximum Gasteiger partial charge on any atom is 0.153 e. The summed E-state index contributed by atoms with van der Waals surface area (Å²) in [6, 6.07) is 3.03. The maximum atomic E-state index is 13.1. The van der Waals surface area contributed by atoms with Crippen LogP contribution in [0.1, 0.15) is 22.3 Å². The average molecular weight is 179 g/mol. The highest BCUT2D eigenvalue weighted by molar-refractivity contribution is 5.78. The van der Waals surface area contributed by atoms with Gasteiger partial charge in [-0.1, -0.05) is 0 Å². The van der Waals surface area contributed by atoms with Crippen molar-refractivity contribution in [3.63, 3.8) is 0 Å². The van der Waals surface area contributed by atoms with Crippen LogP contribution in [0.3, 0.4) is 0 Å². The van der Waals surface area contributed by atoms with Gasteiger partial charge < -0.3 is 5.32 Å². The van der Waals surface area contributed by atoms with Crippen LogP contribution in [0, 0.1) is 5.82 Å². The van der Waals surface area contributed by atoms with Crippen LogP contribution in [0.2, 0.25) is 0 Å². The van der Waals surface area contributed by atoms with Gasteiger partial charge in [0, 0.05) is 12.2 Å². The normalized spacial score (nSPS) is 14.5. The summed E-state index contributed by atoms with van der Waals surface area (Å²) in [7, 11) is 0. The number of aryl methyl sites for hydroxylation is 1. The molecule has 1 aliphatic heterocycles. The highest BCUT2D eigenvalue weighted by Gasteiger charge is 2.12. The molecule has 0 fully saturated rings. The van der Waals surface area contributed by atoms with Gasteiger partial charge >= 0.3 is 0 Å². The van der Waals surface area contributed by atoms with Crippen molar-refractivity contribution < 1.29 is 9.18 Å². The molecule has 3 heteroatoms. The molecule has 1 aliphatic rings. The number of fused-ring (bicyclic) bond motifs is 1. The zero-order valence-corrected chi connectivity index (χ0v) is 7.14. The fourth-order valence-corrected chi connectivity index (χ4v) is 1.59. The summed E-state index contributed by atoms with van der Waals surface area (Å²) in [5.41, 5.74) is 2.00. The Labute approximate surface area is 75.8 Å². The van der Waals surface area contributed by atoms with Crippen LogP contribution >= 0.6 is 0 Å². The van der Waals surface area contributed by atoms with E-state index in [9.17, 15) is 9.18 Å². The zero-order valence-electron chi connectivity index (χ0n) is 7.14. The minimum absolute atomic E-state index is 0.133. The van der Waals surface area contributed by atoms with Crippen molar-refractivity contribution in [2.24, 2.45) is 0 Å². The Bertz CT molecular complexity index is 349. The molecule has 0 saturated heterocycles. The Morgan fingerprint density at radius 2 is 2.31 bits per heavy atom. The lowest BCUT2D eigenvalue weighted by atomic mass is 10.0. The molecule has 0 spiro atoms. The fourth-order valence-electron chi connectivity index (χ4n) is 1.59. The van der Waals surface area contributed by atoms with E-state index in [2.05, 4.69) is 5.32 Å². The first-order valence-electron chi connectivity index (χ1n) is 4.33. The number of benzene rings is 1. The predicted molar refractivity (Wildman–Crippen MR) is 48.6 cm³/mol. The van der Waals surface area contributed by atoms with Crippen LogP contribution in [-0.4, -0.2) is 12.8 Å². The van der Waals surface area contributed by atoms with Crippen molar-refractivity contribution in [3.05, 3.63) is 29.1 Å². The lowest BCUT2D eigenvalue weighted by Gasteiger charge is -2.18. The number of carbonyl (C=O) groups is 1. The van der Waals surface area contributed by atoms with Gasteiger partial charge in [-0.05, 0) is 30.5 Å². The standard InChI is InChI=1S/C10H10FNO/c11-9-4-7-2-1-3-12-10(7)5-8(9)6-13/h4-6,12H,1-3H2. The molecule has 1 aromatic rings. The van der Waals surface area contributed by atoms with Gasteiger partial charge in [-0.25, -0.2) is 4.39 Å². The van der Waals surface area contributed by atoms with Gasteiger partial charge in [-0.3, -0.25) is 4.79 Å². The molecule has 1 aromatic carbocycles. The minimum atomic E-state index is -0.419. The van der Waals surface area contributed by atoms with E-state index in [1.54, 1.807) is 6.07 Å². The quantitative estimate of drug-likeness (QED) is 0.668. The molecule has 0 atom stereocenters. The van der Waals surface area contributed by atoms with Gasteiger partial charge in [0.25, 0.3) is 0 Å². The molecule has 1 heterocycles. The van der Waals surface area contributed by atoms with Gasteiger partial charge in [0.05, 0.1) is 5.56 Å². The molecule has 0 bridgehead atoms. The monoisotopic (exact) mass is 179 g/mol. The van der Waals surface area contributed by atoms with Gasteiger partial charge in [-0.2, -0.15) is 0 Å². The van der Waals surface area contributed by atoms with E-state index in [-0.39, 0.29) is 5.56 Å². The van der Waals surface area contributed by atoms with E-state index < -0.39 is 5.82 Å². The lowest BCUT2D eigenvalue weighted by molar-refractivity contribution is 0.112. The number of aldehydes is 1. The molecule has 0 radical (unpaired) electrons. The van der Waals surface area contributed by atoms with E-state index in [0.717, 1.165) is 30.6 Å².